The standard InChI is InChI=1S/C18H14ClIN2O3/c1-10-9-11(20)7-8-13(10)22-17(23)15(19)16(18(22)24)21-12-5-3-4-6-14(12)25-2/h3-9,21H,1-2H3. The number of carbonyl (C=O) groups excluding carboxylic acids is 2. The Balaban J connectivity index is 1.97. The first-order valence-corrected chi connectivity index (χ1v) is 8.84. The number of carbonyl (C=O) groups is 2. The van der Waals surface area contributed by atoms with Gasteiger partial charge in [-0.25, -0.2) is 4.90 Å². The molecule has 0 radical (unpaired) electrons. The van der Waals surface area contributed by atoms with E-state index in [4.69, 9.17) is 16.3 Å². The molecule has 1 N–H and O–H groups in total. The van der Waals surface area contributed by atoms with Crippen LogP contribution in [0.25, 0.3) is 0 Å². The molecule has 5 nitrogen and oxygen atoms in total. The molecule has 1 aliphatic rings. The highest BCUT2D eigenvalue weighted by atomic mass is 127. The SMILES string of the molecule is COc1ccccc1NC1=C(Cl)C(=O)N(c2ccc(I)cc2C)C1=O. The van der Waals surface area contributed by atoms with Crippen LogP contribution in [0.5, 0.6) is 5.75 Å². The van der Waals surface area contributed by atoms with Crippen molar-refractivity contribution in [3.05, 3.63) is 62.3 Å². The number of methoxy groups -OCH3 is 1. The first-order chi connectivity index (χ1) is 11.9. The van der Waals surface area contributed by atoms with Crippen molar-refractivity contribution < 1.29 is 14.3 Å². The van der Waals surface area contributed by atoms with Crippen LogP contribution >= 0.6 is 34.2 Å². The van der Waals surface area contributed by atoms with Crippen molar-refractivity contribution in [3.63, 3.8) is 0 Å². The average molecular weight is 469 g/mol. The summed E-state index contributed by atoms with van der Waals surface area (Å²) in [4.78, 5) is 26.5. The zero-order chi connectivity index (χ0) is 18.1. The molecule has 0 aromatic heterocycles. The fourth-order valence-electron chi connectivity index (χ4n) is 2.58. The van der Waals surface area contributed by atoms with Crippen LogP contribution in [-0.2, 0) is 9.59 Å². The van der Waals surface area contributed by atoms with Gasteiger partial charge in [0.05, 0.1) is 18.5 Å². The summed E-state index contributed by atoms with van der Waals surface area (Å²) in [7, 11) is 1.53. The molecule has 0 saturated carbocycles. The molecule has 1 aliphatic heterocycles. The van der Waals surface area contributed by atoms with Gasteiger partial charge in [-0.15, -0.1) is 0 Å². The highest BCUT2D eigenvalue weighted by Gasteiger charge is 2.39. The van der Waals surface area contributed by atoms with Gasteiger partial charge in [-0.3, -0.25) is 9.59 Å². The fourth-order valence-corrected chi connectivity index (χ4v) is 3.44. The molecular weight excluding hydrogens is 455 g/mol. The molecule has 0 fully saturated rings. The number of rotatable bonds is 4. The summed E-state index contributed by atoms with van der Waals surface area (Å²) in [6.45, 7) is 1.84. The number of aryl methyl sites for hydroxylation is 1. The highest BCUT2D eigenvalue weighted by Crippen LogP contribution is 2.34. The number of nitrogens with zero attached hydrogens (tertiary/aromatic N) is 1. The molecular formula is C18H14ClIN2O3. The van der Waals surface area contributed by atoms with Crippen molar-refractivity contribution in [2.45, 2.75) is 6.92 Å². The minimum atomic E-state index is -0.548. The van der Waals surface area contributed by atoms with E-state index >= 15 is 0 Å². The number of hydrogen-bond donors (Lipinski definition) is 1. The summed E-state index contributed by atoms with van der Waals surface area (Å²) in [5, 5.41) is 2.79. The van der Waals surface area contributed by atoms with Gasteiger partial charge in [0.25, 0.3) is 11.8 Å². The quantitative estimate of drug-likeness (QED) is 0.543. The third kappa shape index (κ3) is 3.23. The van der Waals surface area contributed by atoms with E-state index in [9.17, 15) is 9.59 Å². The molecule has 1 heterocycles. The second-order valence-electron chi connectivity index (χ2n) is 5.39. The molecule has 25 heavy (non-hydrogen) atoms. The predicted octanol–water partition coefficient (Wildman–Crippen LogP) is 4.04. The lowest BCUT2D eigenvalue weighted by Gasteiger charge is -2.18. The van der Waals surface area contributed by atoms with Crippen LogP contribution in [0.3, 0.4) is 0 Å². The lowest BCUT2D eigenvalue weighted by molar-refractivity contribution is -0.120. The van der Waals surface area contributed by atoms with Crippen LogP contribution < -0.4 is 15.0 Å². The van der Waals surface area contributed by atoms with E-state index in [1.54, 1.807) is 24.3 Å². The van der Waals surface area contributed by atoms with Gasteiger partial charge in [-0.1, -0.05) is 23.7 Å². The smallest absolute Gasteiger partial charge is 0.283 e. The molecule has 0 saturated heterocycles. The largest absolute Gasteiger partial charge is 0.495 e. The lowest BCUT2D eigenvalue weighted by atomic mass is 10.2. The van der Waals surface area contributed by atoms with E-state index in [0.717, 1.165) is 14.0 Å². The van der Waals surface area contributed by atoms with Crippen LogP contribution in [-0.4, -0.2) is 18.9 Å². The molecule has 0 atom stereocenters. The summed E-state index contributed by atoms with van der Waals surface area (Å²) < 4.78 is 6.28. The number of nitrogens with one attached hydrogen (secondary N) is 1. The first-order valence-electron chi connectivity index (χ1n) is 7.38. The van der Waals surface area contributed by atoms with Gasteiger partial charge >= 0.3 is 0 Å². The van der Waals surface area contributed by atoms with Gasteiger partial charge in [0.15, 0.2) is 0 Å². The summed E-state index contributed by atoms with van der Waals surface area (Å²) in [5.74, 6) is -0.498. The van der Waals surface area contributed by atoms with Crippen molar-refractivity contribution in [1.82, 2.24) is 0 Å². The van der Waals surface area contributed by atoms with Crippen LogP contribution in [0.2, 0.25) is 0 Å². The van der Waals surface area contributed by atoms with Gasteiger partial charge in [0.1, 0.15) is 16.5 Å². The molecule has 0 bridgehead atoms. The Kier molecular flexibility index (Phi) is 5.01. The Morgan fingerprint density at radius 2 is 1.84 bits per heavy atom. The topological polar surface area (TPSA) is 58.6 Å². The first kappa shape index (κ1) is 17.8. The second kappa shape index (κ2) is 7.05. The van der Waals surface area contributed by atoms with Crippen molar-refractivity contribution in [2.75, 3.05) is 17.3 Å². The average Bonchev–Trinajstić information content (AvgIpc) is 2.80. The molecule has 7 heteroatoms. The number of halogens is 2. The third-order valence-corrected chi connectivity index (χ3v) is 4.82. The number of para-hydroxylation sites is 2. The molecule has 2 aromatic rings. The van der Waals surface area contributed by atoms with Gasteiger partial charge in [0.2, 0.25) is 0 Å². The normalized spacial score (nSPS) is 14.3. The van der Waals surface area contributed by atoms with Crippen LogP contribution in [0.15, 0.2) is 53.2 Å². The number of amides is 2. The van der Waals surface area contributed by atoms with Crippen LogP contribution in [0.1, 0.15) is 5.56 Å². The van der Waals surface area contributed by atoms with E-state index in [2.05, 4.69) is 27.9 Å². The van der Waals surface area contributed by atoms with E-state index in [0.29, 0.717) is 17.1 Å². The Morgan fingerprint density at radius 1 is 1.12 bits per heavy atom. The number of ether oxygens (including phenoxy) is 1. The number of anilines is 2. The zero-order valence-electron chi connectivity index (χ0n) is 13.5. The molecule has 2 aromatic carbocycles. The minimum absolute atomic E-state index is 0.0362. The summed E-state index contributed by atoms with van der Waals surface area (Å²) in [6, 6.07) is 12.6. The Morgan fingerprint density at radius 3 is 2.52 bits per heavy atom. The maximum Gasteiger partial charge on any atom is 0.283 e. The Bertz CT molecular complexity index is 911. The van der Waals surface area contributed by atoms with Crippen molar-refractivity contribution >= 4 is 57.4 Å². The molecule has 0 aliphatic carbocycles. The van der Waals surface area contributed by atoms with E-state index in [-0.39, 0.29) is 10.7 Å². The summed E-state index contributed by atoms with van der Waals surface area (Å²) in [6.07, 6.45) is 0. The van der Waals surface area contributed by atoms with Crippen LogP contribution in [0.4, 0.5) is 11.4 Å². The maximum atomic E-state index is 12.8. The summed E-state index contributed by atoms with van der Waals surface area (Å²) in [5.41, 5.74) is 1.93. The number of benzene rings is 2. The van der Waals surface area contributed by atoms with Crippen molar-refractivity contribution in [3.8, 4) is 5.75 Å². The van der Waals surface area contributed by atoms with Gasteiger partial charge in [-0.05, 0) is 65.4 Å². The fraction of sp³-hybridized carbons (Fsp3) is 0.111. The van der Waals surface area contributed by atoms with Gasteiger partial charge in [-0.2, -0.15) is 0 Å². The predicted molar refractivity (Wildman–Crippen MR) is 106 cm³/mol. The lowest BCUT2D eigenvalue weighted by Crippen LogP contribution is -2.32. The van der Waals surface area contributed by atoms with E-state index in [1.807, 2.05) is 25.1 Å². The third-order valence-electron chi connectivity index (χ3n) is 3.79. The van der Waals surface area contributed by atoms with Crippen molar-refractivity contribution in [2.24, 2.45) is 0 Å². The number of hydrogen-bond acceptors (Lipinski definition) is 4. The van der Waals surface area contributed by atoms with E-state index in [1.165, 1.54) is 7.11 Å². The van der Waals surface area contributed by atoms with Crippen molar-refractivity contribution in [1.29, 1.82) is 0 Å². The Hall–Kier alpha value is -2.06. The van der Waals surface area contributed by atoms with E-state index < -0.39 is 11.8 Å². The molecule has 0 unspecified atom stereocenters. The maximum absolute atomic E-state index is 12.8. The minimum Gasteiger partial charge on any atom is -0.495 e. The van der Waals surface area contributed by atoms with Gasteiger partial charge < -0.3 is 10.1 Å². The molecule has 0 spiro atoms. The molecule has 3 rings (SSSR count). The number of imide groups is 1. The zero-order valence-corrected chi connectivity index (χ0v) is 16.4. The molecule has 2 amide bonds. The van der Waals surface area contributed by atoms with Gasteiger partial charge in [0, 0.05) is 3.57 Å². The monoisotopic (exact) mass is 468 g/mol. The summed E-state index contributed by atoms with van der Waals surface area (Å²) >= 11 is 8.34. The second-order valence-corrected chi connectivity index (χ2v) is 7.01. The Labute approximate surface area is 163 Å². The highest BCUT2D eigenvalue weighted by molar-refractivity contribution is 14.1. The van der Waals surface area contributed by atoms with Crippen LogP contribution in [0, 0.1) is 10.5 Å². The molecule has 128 valence electrons.